The van der Waals surface area contributed by atoms with Crippen LogP contribution in [0.3, 0.4) is 0 Å². The van der Waals surface area contributed by atoms with E-state index in [1.165, 1.54) is 17.5 Å². The Labute approximate surface area is 147 Å². The summed E-state index contributed by atoms with van der Waals surface area (Å²) in [6.45, 7) is 0.653. The van der Waals surface area contributed by atoms with Crippen molar-refractivity contribution in [2.45, 2.75) is 38.4 Å². The van der Waals surface area contributed by atoms with E-state index in [4.69, 9.17) is 14.2 Å². The Bertz CT molecular complexity index is 782. The molecule has 25 heavy (non-hydrogen) atoms. The number of ether oxygens (including phenoxy) is 3. The van der Waals surface area contributed by atoms with Gasteiger partial charge in [0.15, 0.2) is 6.10 Å². The van der Waals surface area contributed by atoms with E-state index < -0.39 is 0 Å². The van der Waals surface area contributed by atoms with Crippen LogP contribution in [0.15, 0.2) is 36.4 Å². The van der Waals surface area contributed by atoms with Crippen LogP contribution in [0.25, 0.3) is 0 Å². The molecule has 0 amide bonds. The summed E-state index contributed by atoms with van der Waals surface area (Å²) < 4.78 is 16.4. The van der Waals surface area contributed by atoms with Crippen LogP contribution in [-0.4, -0.2) is 19.9 Å². The van der Waals surface area contributed by atoms with Crippen molar-refractivity contribution in [1.29, 1.82) is 0 Å². The summed E-state index contributed by atoms with van der Waals surface area (Å²) in [6, 6.07) is 12.1. The van der Waals surface area contributed by atoms with Gasteiger partial charge in [0.05, 0.1) is 12.2 Å². The van der Waals surface area contributed by atoms with Gasteiger partial charge in [-0.3, -0.25) is 0 Å². The van der Waals surface area contributed by atoms with E-state index in [1.807, 2.05) is 30.3 Å². The molecule has 1 atom stereocenters. The summed E-state index contributed by atoms with van der Waals surface area (Å²) in [5, 5.41) is 0. The number of esters is 1. The lowest BCUT2D eigenvalue weighted by atomic mass is 9.82. The molecule has 130 valence electrons. The Morgan fingerprint density at radius 2 is 1.96 bits per heavy atom. The average molecular weight is 338 g/mol. The maximum atomic E-state index is 12.7. The molecule has 0 saturated heterocycles. The van der Waals surface area contributed by atoms with E-state index in [9.17, 15) is 4.79 Å². The minimum atomic E-state index is -0.350. The lowest BCUT2D eigenvalue weighted by Crippen LogP contribution is -2.12. The van der Waals surface area contributed by atoms with Gasteiger partial charge in [-0.05, 0) is 47.9 Å². The third kappa shape index (κ3) is 2.96. The number of carbonyl (C=O) groups is 1. The molecule has 0 fully saturated rings. The van der Waals surface area contributed by atoms with Gasteiger partial charge in [0, 0.05) is 12.7 Å². The van der Waals surface area contributed by atoms with Crippen LogP contribution in [0.1, 0.15) is 57.1 Å². The Morgan fingerprint density at radius 3 is 2.76 bits per heavy atom. The maximum Gasteiger partial charge on any atom is 0.339 e. The number of hydrogen-bond donors (Lipinski definition) is 0. The largest absolute Gasteiger partial charge is 0.449 e. The third-order valence-electron chi connectivity index (χ3n) is 5.03. The first-order chi connectivity index (χ1) is 12.3. The molecule has 1 heterocycles. The molecule has 2 aliphatic rings. The van der Waals surface area contributed by atoms with Gasteiger partial charge in [-0.15, -0.1) is 0 Å². The van der Waals surface area contributed by atoms with Gasteiger partial charge in [-0.2, -0.15) is 0 Å². The molecule has 1 aliphatic heterocycles. The van der Waals surface area contributed by atoms with Crippen molar-refractivity contribution in [1.82, 2.24) is 0 Å². The highest BCUT2D eigenvalue weighted by atomic mass is 16.7. The van der Waals surface area contributed by atoms with Gasteiger partial charge in [0.25, 0.3) is 0 Å². The minimum absolute atomic E-state index is 0.199. The van der Waals surface area contributed by atoms with Gasteiger partial charge < -0.3 is 14.2 Å². The molecule has 0 spiro atoms. The number of carbonyl (C=O) groups excluding carboxylic acids is 1. The van der Waals surface area contributed by atoms with Crippen LogP contribution < -0.4 is 0 Å². The van der Waals surface area contributed by atoms with Gasteiger partial charge in [0.1, 0.15) is 6.79 Å². The van der Waals surface area contributed by atoms with Crippen molar-refractivity contribution >= 4 is 5.97 Å². The fraction of sp³-hybridized carbons (Fsp3) is 0.381. The van der Waals surface area contributed by atoms with Gasteiger partial charge in [-0.1, -0.05) is 36.4 Å². The fourth-order valence-corrected chi connectivity index (χ4v) is 3.96. The first kappa shape index (κ1) is 16.3. The van der Waals surface area contributed by atoms with E-state index >= 15 is 0 Å². The first-order valence-corrected chi connectivity index (χ1v) is 8.79. The molecule has 4 heteroatoms. The Hall–Kier alpha value is -2.17. The van der Waals surface area contributed by atoms with Crippen molar-refractivity contribution in [2.75, 3.05) is 13.9 Å². The van der Waals surface area contributed by atoms with Crippen LogP contribution >= 0.6 is 0 Å². The molecule has 0 saturated carbocycles. The molecule has 0 aromatic heterocycles. The predicted molar refractivity (Wildman–Crippen MR) is 93.4 cm³/mol. The first-order valence-electron chi connectivity index (χ1n) is 8.79. The highest BCUT2D eigenvalue weighted by Crippen LogP contribution is 2.42. The second-order valence-corrected chi connectivity index (χ2v) is 6.62. The highest BCUT2D eigenvalue weighted by Gasteiger charge is 2.38. The zero-order valence-corrected chi connectivity index (χ0v) is 14.4. The predicted octanol–water partition coefficient (Wildman–Crippen LogP) is 3.95. The Balaban J connectivity index is 1.83. The number of rotatable bonds is 5. The van der Waals surface area contributed by atoms with Crippen LogP contribution in [0.5, 0.6) is 0 Å². The molecule has 2 aromatic carbocycles. The smallest absolute Gasteiger partial charge is 0.339 e. The molecule has 1 aliphatic carbocycles. The second kappa shape index (κ2) is 6.98. The topological polar surface area (TPSA) is 44.8 Å². The van der Waals surface area contributed by atoms with Crippen molar-refractivity contribution in [3.05, 3.63) is 69.8 Å². The van der Waals surface area contributed by atoms with Gasteiger partial charge in [0.2, 0.25) is 0 Å². The second-order valence-electron chi connectivity index (χ2n) is 6.62. The number of aryl methyl sites for hydroxylation is 1. The van der Waals surface area contributed by atoms with Crippen molar-refractivity contribution in [2.24, 2.45) is 0 Å². The summed E-state index contributed by atoms with van der Waals surface area (Å²) in [5.74, 6) is -0.199. The highest BCUT2D eigenvalue weighted by molar-refractivity contribution is 5.97. The molecule has 4 nitrogen and oxygen atoms in total. The minimum Gasteiger partial charge on any atom is -0.449 e. The molecule has 2 aromatic rings. The Morgan fingerprint density at radius 1 is 1.16 bits per heavy atom. The monoisotopic (exact) mass is 338 g/mol. The number of fused-ring (bicyclic) bond motifs is 3. The molecular weight excluding hydrogens is 316 g/mol. The van der Waals surface area contributed by atoms with Crippen molar-refractivity contribution in [3.63, 3.8) is 0 Å². The van der Waals surface area contributed by atoms with Crippen molar-refractivity contribution < 1.29 is 19.0 Å². The number of hydrogen-bond acceptors (Lipinski definition) is 4. The Kier molecular flexibility index (Phi) is 4.55. The van der Waals surface area contributed by atoms with E-state index in [0.29, 0.717) is 6.61 Å². The summed E-state index contributed by atoms with van der Waals surface area (Å²) in [4.78, 5) is 12.7. The summed E-state index contributed by atoms with van der Waals surface area (Å²) >= 11 is 0. The standard InChI is InChI=1S/C21H22O4/c1-23-13-24-12-16-11-15-9-5-6-10-17(15)19-18(16)20(25-21(19)22)14-7-3-2-4-8-14/h2-4,7-8,11,20H,5-6,9-10,12-13H2,1H3. The van der Waals surface area contributed by atoms with Crippen LogP contribution in [0, 0.1) is 0 Å². The quantitative estimate of drug-likeness (QED) is 0.470. The molecule has 1 unspecified atom stereocenters. The van der Waals surface area contributed by atoms with E-state index in [1.54, 1.807) is 7.11 Å². The molecular formula is C21H22O4. The summed E-state index contributed by atoms with van der Waals surface area (Å²) in [5.41, 5.74) is 6.24. The zero-order valence-electron chi connectivity index (χ0n) is 14.4. The summed E-state index contributed by atoms with van der Waals surface area (Å²) in [7, 11) is 1.61. The maximum absolute atomic E-state index is 12.7. The molecule has 0 bridgehead atoms. The zero-order chi connectivity index (χ0) is 17.2. The normalized spacial score (nSPS) is 18.6. The van der Waals surface area contributed by atoms with Crippen LogP contribution in [0.2, 0.25) is 0 Å². The van der Waals surface area contributed by atoms with Gasteiger partial charge in [-0.25, -0.2) is 4.79 Å². The number of methoxy groups -OCH3 is 1. The third-order valence-corrected chi connectivity index (χ3v) is 5.03. The van der Waals surface area contributed by atoms with Crippen LogP contribution in [0.4, 0.5) is 0 Å². The summed E-state index contributed by atoms with van der Waals surface area (Å²) in [6.07, 6.45) is 3.91. The van der Waals surface area contributed by atoms with E-state index in [2.05, 4.69) is 6.07 Å². The van der Waals surface area contributed by atoms with E-state index in [0.717, 1.165) is 41.5 Å². The SMILES string of the molecule is COCOCc1cc2c(c3c1C(c1ccccc1)OC3=O)CCCC2. The average Bonchev–Trinajstić information content (AvgIpc) is 3.01. The van der Waals surface area contributed by atoms with Crippen molar-refractivity contribution in [3.8, 4) is 0 Å². The molecule has 4 rings (SSSR count). The molecule has 0 N–H and O–H groups in total. The molecule has 0 radical (unpaired) electrons. The lowest BCUT2D eigenvalue weighted by molar-refractivity contribution is -0.0395. The number of cyclic esters (lactones) is 1. The lowest BCUT2D eigenvalue weighted by Gasteiger charge is -2.21. The van der Waals surface area contributed by atoms with Crippen LogP contribution in [-0.2, 0) is 33.7 Å². The van der Waals surface area contributed by atoms with E-state index in [-0.39, 0.29) is 18.9 Å². The van der Waals surface area contributed by atoms with Gasteiger partial charge >= 0.3 is 5.97 Å². The fourth-order valence-electron chi connectivity index (χ4n) is 3.96. The number of benzene rings is 2.